The monoisotopic (exact) mass is 577 g/mol. The standard InChI is InChI=1S/C29H35N7O4S/c1-29(2,3)25-18-26(31-27(37)30-24-16-10-13-21-12-7-8-15-23(21)24)36(32-25)22-14-9-11-20(17-22)19-35(6)28(38)33-41(39,40)34(4)5/h7-18H,19H2,1-6H3,(H,33,38)(H2,30,31,37). The third kappa shape index (κ3) is 7.02. The molecule has 0 fully saturated rings. The normalized spacial score (nSPS) is 11.9. The Morgan fingerprint density at radius 2 is 1.59 bits per heavy atom. The molecule has 0 saturated heterocycles. The van der Waals surface area contributed by atoms with Crippen LogP contribution in [0.4, 0.5) is 21.1 Å². The van der Waals surface area contributed by atoms with Gasteiger partial charge in [0.05, 0.1) is 17.1 Å². The van der Waals surface area contributed by atoms with Gasteiger partial charge in [0, 0.05) is 44.6 Å². The van der Waals surface area contributed by atoms with E-state index in [1.165, 1.54) is 26.0 Å². The van der Waals surface area contributed by atoms with E-state index >= 15 is 0 Å². The van der Waals surface area contributed by atoms with Gasteiger partial charge in [-0.05, 0) is 29.1 Å². The van der Waals surface area contributed by atoms with Crippen molar-refractivity contribution >= 4 is 44.5 Å². The van der Waals surface area contributed by atoms with Crippen LogP contribution >= 0.6 is 0 Å². The zero-order valence-corrected chi connectivity index (χ0v) is 24.8. The lowest BCUT2D eigenvalue weighted by atomic mass is 9.92. The van der Waals surface area contributed by atoms with E-state index in [1.807, 2.05) is 98.3 Å². The molecule has 12 heteroatoms. The molecule has 0 atom stereocenters. The summed E-state index contributed by atoms with van der Waals surface area (Å²) in [5, 5.41) is 12.6. The van der Waals surface area contributed by atoms with Crippen LogP contribution < -0.4 is 15.4 Å². The van der Waals surface area contributed by atoms with Crippen molar-refractivity contribution in [2.24, 2.45) is 0 Å². The summed E-state index contributed by atoms with van der Waals surface area (Å²) in [6, 6.07) is 21.5. The number of rotatable bonds is 7. The van der Waals surface area contributed by atoms with E-state index in [-0.39, 0.29) is 12.0 Å². The average Bonchev–Trinajstić information content (AvgIpc) is 3.33. The molecule has 11 nitrogen and oxygen atoms in total. The number of anilines is 2. The first kappa shape index (κ1) is 29.6. The van der Waals surface area contributed by atoms with Crippen molar-refractivity contribution in [3.63, 3.8) is 0 Å². The third-order valence-electron chi connectivity index (χ3n) is 6.38. The number of nitrogens with one attached hydrogen (secondary N) is 3. The largest absolute Gasteiger partial charge is 0.332 e. The molecule has 0 radical (unpaired) electrons. The Kier molecular flexibility index (Phi) is 8.36. The van der Waals surface area contributed by atoms with Gasteiger partial charge < -0.3 is 10.2 Å². The lowest BCUT2D eigenvalue weighted by molar-refractivity contribution is 0.212. The Morgan fingerprint density at radius 3 is 2.29 bits per heavy atom. The Morgan fingerprint density at radius 1 is 0.902 bits per heavy atom. The second kappa shape index (κ2) is 11.6. The van der Waals surface area contributed by atoms with Crippen LogP contribution in [0.2, 0.25) is 0 Å². The van der Waals surface area contributed by atoms with E-state index in [9.17, 15) is 18.0 Å². The molecule has 216 valence electrons. The van der Waals surface area contributed by atoms with Crippen LogP contribution in [0.3, 0.4) is 0 Å². The number of amides is 4. The minimum absolute atomic E-state index is 0.139. The van der Waals surface area contributed by atoms with Crippen LogP contribution in [0.5, 0.6) is 0 Å². The molecule has 4 aromatic rings. The molecule has 4 rings (SSSR count). The van der Waals surface area contributed by atoms with Gasteiger partial charge in [0.25, 0.3) is 0 Å². The highest BCUT2D eigenvalue weighted by Crippen LogP contribution is 2.28. The van der Waals surface area contributed by atoms with E-state index in [1.54, 1.807) is 4.68 Å². The van der Waals surface area contributed by atoms with Crippen molar-refractivity contribution in [2.75, 3.05) is 31.8 Å². The lowest BCUT2D eigenvalue weighted by Gasteiger charge is -2.20. The van der Waals surface area contributed by atoms with Gasteiger partial charge in [0.15, 0.2) is 0 Å². The third-order valence-corrected chi connectivity index (χ3v) is 7.77. The van der Waals surface area contributed by atoms with E-state index in [0.29, 0.717) is 17.2 Å². The van der Waals surface area contributed by atoms with Gasteiger partial charge in [0.1, 0.15) is 5.82 Å². The maximum atomic E-state index is 13.2. The number of benzene rings is 3. The fourth-order valence-electron chi connectivity index (χ4n) is 4.05. The molecule has 1 aromatic heterocycles. The molecule has 0 aliphatic carbocycles. The zero-order chi connectivity index (χ0) is 29.9. The topological polar surface area (TPSA) is 129 Å². The van der Waals surface area contributed by atoms with E-state index in [4.69, 9.17) is 5.10 Å². The molecule has 0 aliphatic heterocycles. The van der Waals surface area contributed by atoms with E-state index in [2.05, 4.69) is 10.6 Å². The summed E-state index contributed by atoms with van der Waals surface area (Å²) in [4.78, 5) is 26.9. The van der Waals surface area contributed by atoms with Crippen LogP contribution in [-0.2, 0) is 22.2 Å². The first-order valence-corrected chi connectivity index (χ1v) is 14.4. The van der Waals surface area contributed by atoms with Crippen LogP contribution in [-0.4, -0.2) is 60.6 Å². The number of aromatic nitrogens is 2. The summed E-state index contributed by atoms with van der Waals surface area (Å²) in [5.74, 6) is 0.466. The minimum atomic E-state index is -3.92. The number of carbonyl (C=O) groups excluding carboxylic acids is 2. The number of urea groups is 2. The molecule has 3 N–H and O–H groups in total. The molecular formula is C29H35N7O4S. The van der Waals surface area contributed by atoms with Crippen molar-refractivity contribution < 1.29 is 18.0 Å². The van der Waals surface area contributed by atoms with Crippen molar-refractivity contribution in [1.82, 2.24) is 23.7 Å². The van der Waals surface area contributed by atoms with Crippen LogP contribution in [0.15, 0.2) is 72.8 Å². The van der Waals surface area contributed by atoms with E-state index in [0.717, 1.165) is 26.3 Å². The summed E-state index contributed by atoms with van der Waals surface area (Å²) in [6.07, 6.45) is 0. The van der Waals surface area contributed by atoms with Gasteiger partial charge in [-0.25, -0.2) is 19.0 Å². The predicted octanol–water partition coefficient (Wildman–Crippen LogP) is 4.91. The number of hydrogen-bond acceptors (Lipinski definition) is 5. The average molecular weight is 578 g/mol. The number of carbonyl (C=O) groups is 2. The Balaban J connectivity index is 1.58. The highest BCUT2D eigenvalue weighted by molar-refractivity contribution is 7.87. The minimum Gasteiger partial charge on any atom is -0.323 e. The van der Waals surface area contributed by atoms with Crippen LogP contribution in [0.1, 0.15) is 32.0 Å². The van der Waals surface area contributed by atoms with Crippen molar-refractivity contribution in [3.8, 4) is 5.69 Å². The molecule has 0 spiro atoms. The second-order valence-electron chi connectivity index (χ2n) is 10.9. The van der Waals surface area contributed by atoms with Gasteiger partial charge in [-0.1, -0.05) is 69.3 Å². The molecule has 0 saturated carbocycles. The fraction of sp³-hybridized carbons (Fsp3) is 0.276. The smallest absolute Gasteiger partial charge is 0.323 e. The number of hydrogen-bond donors (Lipinski definition) is 3. The highest BCUT2D eigenvalue weighted by Gasteiger charge is 2.23. The quantitative estimate of drug-likeness (QED) is 0.287. The molecule has 0 bridgehead atoms. The molecule has 4 amide bonds. The van der Waals surface area contributed by atoms with Crippen molar-refractivity contribution in [1.29, 1.82) is 0 Å². The summed E-state index contributed by atoms with van der Waals surface area (Å²) in [7, 11) is 0.258. The van der Waals surface area contributed by atoms with Gasteiger partial charge in [-0.3, -0.25) is 5.32 Å². The Bertz CT molecular complexity index is 1690. The highest BCUT2D eigenvalue weighted by atomic mass is 32.2. The molecule has 41 heavy (non-hydrogen) atoms. The molecular weight excluding hydrogens is 542 g/mol. The first-order valence-electron chi connectivity index (χ1n) is 13.0. The molecule has 3 aromatic carbocycles. The summed E-state index contributed by atoms with van der Waals surface area (Å²) < 4.78 is 28.7. The second-order valence-corrected chi connectivity index (χ2v) is 12.8. The summed E-state index contributed by atoms with van der Waals surface area (Å²) >= 11 is 0. The summed E-state index contributed by atoms with van der Waals surface area (Å²) in [5.41, 5.74) is 2.56. The number of fused-ring (bicyclic) bond motifs is 1. The maximum absolute atomic E-state index is 13.2. The van der Waals surface area contributed by atoms with Crippen molar-refractivity contribution in [3.05, 3.63) is 84.1 Å². The predicted molar refractivity (Wildman–Crippen MR) is 161 cm³/mol. The zero-order valence-electron chi connectivity index (χ0n) is 24.0. The lowest BCUT2D eigenvalue weighted by Crippen LogP contribution is -2.45. The molecule has 0 unspecified atom stereocenters. The fourth-order valence-corrected chi connectivity index (χ4v) is 4.61. The van der Waals surface area contributed by atoms with Crippen LogP contribution in [0, 0.1) is 0 Å². The SMILES string of the molecule is CN(Cc1cccc(-n2nc(C(C)(C)C)cc2NC(=O)Nc2cccc3ccccc23)c1)C(=O)NS(=O)(=O)N(C)C. The van der Waals surface area contributed by atoms with Gasteiger partial charge in [0.2, 0.25) is 0 Å². The van der Waals surface area contributed by atoms with Gasteiger partial charge in [-0.15, -0.1) is 0 Å². The summed E-state index contributed by atoms with van der Waals surface area (Å²) in [6.45, 7) is 6.24. The Labute approximate surface area is 240 Å². The van der Waals surface area contributed by atoms with Gasteiger partial charge >= 0.3 is 22.3 Å². The van der Waals surface area contributed by atoms with Gasteiger partial charge in [-0.2, -0.15) is 17.8 Å². The van der Waals surface area contributed by atoms with Crippen molar-refractivity contribution in [2.45, 2.75) is 32.7 Å². The Hall–Kier alpha value is -4.42. The molecule has 1 heterocycles. The maximum Gasteiger partial charge on any atom is 0.332 e. The van der Waals surface area contributed by atoms with Crippen LogP contribution in [0.25, 0.3) is 16.5 Å². The van der Waals surface area contributed by atoms with E-state index < -0.39 is 22.3 Å². The molecule has 0 aliphatic rings. The number of nitrogens with zero attached hydrogens (tertiary/aromatic N) is 4. The first-order chi connectivity index (χ1) is 19.2.